The van der Waals surface area contributed by atoms with Crippen molar-refractivity contribution < 1.29 is 28.6 Å². The molecule has 7 nitrogen and oxygen atoms in total. The molecule has 0 radical (unpaired) electrons. The summed E-state index contributed by atoms with van der Waals surface area (Å²) < 4.78 is 25.0. The summed E-state index contributed by atoms with van der Waals surface area (Å²) in [6, 6.07) is 10.9. The molecule has 9 heteroatoms. The van der Waals surface area contributed by atoms with Crippen molar-refractivity contribution in [3.05, 3.63) is 70.5 Å². The Hall–Kier alpha value is -3.46. The van der Waals surface area contributed by atoms with Crippen molar-refractivity contribution in [2.45, 2.75) is 26.6 Å². The van der Waals surface area contributed by atoms with Crippen LogP contribution in [-0.2, 0) is 6.61 Å². The van der Waals surface area contributed by atoms with Gasteiger partial charge < -0.3 is 14.6 Å². The number of ether oxygens (including phenoxy) is 2. The molecule has 30 heavy (non-hydrogen) atoms. The van der Waals surface area contributed by atoms with Gasteiger partial charge in [-0.2, -0.15) is 0 Å². The van der Waals surface area contributed by atoms with Crippen LogP contribution in [0.3, 0.4) is 0 Å². The van der Waals surface area contributed by atoms with Crippen LogP contribution in [0.1, 0.15) is 40.3 Å². The number of anilines is 1. The second kappa shape index (κ2) is 9.36. The Kier molecular flexibility index (Phi) is 6.63. The highest BCUT2D eigenvalue weighted by Crippen LogP contribution is 2.23. The molecule has 1 heterocycles. The molecule has 0 aliphatic rings. The fraction of sp³-hybridized carbons (Fsp3) is 0.190. The Morgan fingerprint density at radius 2 is 2.00 bits per heavy atom. The molecule has 0 saturated heterocycles. The number of benzene rings is 2. The predicted octanol–water partition coefficient (Wildman–Crippen LogP) is 4.60. The summed E-state index contributed by atoms with van der Waals surface area (Å²) >= 11 is 1.01. The molecule has 0 bridgehead atoms. The van der Waals surface area contributed by atoms with Crippen LogP contribution in [0, 0.1) is 5.82 Å². The highest BCUT2D eigenvalue weighted by Gasteiger charge is 2.15. The van der Waals surface area contributed by atoms with E-state index in [1.54, 1.807) is 30.3 Å². The van der Waals surface area contributed by atoms with E-state index >= 15 is 0 Å². The van der Waals surface area contributed by atoms with Crippen molar-refractivity contribution in [1.82, 2.24) is 4.98 Å². The topological polar surface area (TPSA) is 97.8 Å². The zero-order valence-corrected chi connectivity index (χ0v) is 17.0. The van der Waals surface area contributed by atoms with Crippen LogP contribution in [0.2, 0.25) is 0 Å². The van der Waals surface area contributed by atoms with Crippen LogP contribution in [0.4, 0.5) is 9.52 Å². The van der Waals surface area contributed by atoms with E-state index in [1.807, 2.05) is 13.8 Å². The van der Waals surface area contributed by atoms with E-state index in [4.69, 9.17) is 14.6 Å². The second-order valence-corrected chi connectivity index (χ2v) is 7.41. The molecule has 156 valence electrons. The number of halogens is 1. The summed E-state index contributed by atoms with van der Waals surface area (Å²) in [5.41, 5.74) is 0.727. The number of aromatic carboxylic acids is 1. The van der Waals surface area contributed by atoms with Crippen LogP contribution < -0.4 is 14.8 Å². The lowest BCUT2D eigenvalue weighted by Gasteiger charge is -2.14. The van der Waals surface area contributed by atoms with Gasteiger partial charge in [-0.15, -0.1) is 11.3 Å². The first-order valence-corrected chi connectivity index (χ1v) is 9.88. The third-order valence-electron chi connectivity index (χ3n) is 3.78. The lowest BCUT2D eigenvalue weighted by molar-refractivity contribution is 0.0691. The highest BCUT2D eigenvalue weighted by atomic mass is 32.1. The van der Waals surface area contributed by atoms with Crippen LogP contribution in [-0.4, -0.2) is 28.1 Å². The van der Waals surface area contributed by atoms with Crippen molar-refractivity contribution in [1.29, 1.82) is 0 Å². The zero-order chi connectivity index (χ0) is 21.7. The Morgan fingerprint density at radius 3 is 2.67 bits per heavy atom. The smallest absolute Gasteiger partial charge is 0.355 e. The minimum atomic E-state index is -1.17. The minimum absolute atomic E-state index is 0.0247. The molecule has 2 N–H and O–H groups in total. The van der Waals surface area contributed by atoms with E-state index in [-0.39, 0.29) is 34.8 Å². The lowest BCUT2D eigenvalue weighted by Crippen LogP contribution is -2.14. The van der Waals surface area contributed by atoms with Gasteiger partial charge in [0, 0.05) is 10.9 Å². The summed E-state index contributed by atoms with van der Waals surface area (Å²) in [6.45, 7) is 3.73. The molecule has 3 aromatic rings. The van der Waals surface area contributed by atoms with Gasteiger partial charge in [0.15, 0.2) is 22.4 Å². The van der Waals surface area contributed by atoms with Crippen LogP contribution in [0.5, 0.6) is 11.5 Å². The number of amides is 1. The van der Waals surface area contributed by atoms with Crippen molar-refractivity contribution in [2.24, 2.45) is 0 Å². The molecule has 0 aliphatic heterocycles. The predicted molar refractivity (Wildman–Crippen MR) is 110 cm³/mol. The monoisotopic (exact) mass is 430 g/mol. The van der Waals surface area contributed by atoms with Crippen molar-refractivity contribution in [2.75, 3.05) is 5.32 Å². The summed E-state index contributed by atoms with van der Waals surface area (Å²) in [5.74, 6) is -1.59. The quantitative estimate of drug-likeness (QED) is 0.542. The van der Waals surface area contributed by atoms with Crippen LogP contribution in [0.25, 0.3) is 0 Å². The number of aromatic nitrogens is 1. The second-order valence-electron chi connectivity index (χ2n) is 6.55. The standard InChI is InChI=1S/C21H19FN2O5S/c1-12(2)29-15-8-13(10-28-18-6-4-3-5-16(18)22)7-14(9-15)19(25)24-21-23-17(11-30-21)20(26)27/h3-9,11-12H,10H2,1-2H3,(H,26,27)(H,23,24,25). The molecule has 0 fully saturated rings. The maximum atomic E-state index is 13.8. The first kappa shape index (κ1) is 21.3. The van der Waals surface area contributed by atoms with Gasteiger partial charge in [-0.05, 0) is 49.7 Å². The van der Waals surface area contributed by atoms with Gasteiger partial charge in [-0.1, -0.05) is 12.1 Å². The Balaban J connectivity index is 1.81. The fourth-order valence-electron chi connectivity index (χ4n) is 2.54. The molecular formula is C21H19FN2O5S. The van der Waals surface area contributed by atoms with E-state index in [0.29, 0.717) is 11.3 Å². The van der Waals surface area contributed by atoms with E-state index in [1.165, 1.54) is 17.5 Å². The molecule has 0 atom stereocenters. The van der Waals surface area contributed by atoms with E-state index < -0.39 is 17.7 Å². The summed E-state index contributed by atoms with van der Waals surface area (Å²) in [4.78, 5) is 27.5. The molecule has 0 aliphatic carbocycles. The van der Waals surface area contributed by atoms with Crippen LogP contribution >= 0.6 is 11.3 Å². The van der Waals surface area contributed by atoms with E-state index in [0.717, 1.165) is 11.3 Å². The number of carbonyl (C=O) groups excluding carboxylic acids is 1. The minimum Gasteiger partial charge on any atom is -0.491 e. The number of nitrogens with one attached hydrogen (secondary N) is 1. The van der Waals surface area contributed by atoms with Gasteiger partial charge >= 0.3 is 5.97 Å². The first-order valence-electron chi connectivity index (χ1n) is 9.00. The third-order valence-corrected chi connectivity index (χ3v) is 4.53. The van der Waals surface area contributed by atoms with Gasteiger partial charge in [0.25, 0.3) is 5.91 Å². The van der Waals surface area contributed by atoms with E-state index in [9.17, 15) is 14.0 Å². The summed E-state index contributed by atoms with van der Waals surface area (Å²) in [5, 5.41) is 13.0. The molecule has 2 aromatic carbocycles. The van der Waals surface area contributed by atoms with Crippen molar-refractivity contribution in [3.8, 4) is 11.5 Å². The number of hydrogen-bond donors (Lipinski definition) is 2. The van der Waals surface area contributed by atoms with Gasteiger partial charge in [0.05, 0.1) is 6.10 Å². The zero-order valence-electron chi connectivity index (χ0n) is 16.2. The third kappa shape index (κ3) is 5.54. The number of nitrogens with zero attached hydrogens (tertiary/aromatic N) is 1. The Labute approximate surface area is 176 Å². The maximum absolute atomic E-state index is 13.8. The Morgan fingerprint density at radius 1 is 1.23 bits per heavy atom. The molecule has 1 amide bonds. The van der Waals surface area contributed by atoms with Gasteiger partial charge in [0.2, 0.25) is 0 Å². The van der Waals surface area contributed by atoms with Crippen LogP contribution in [0.15, 0.2) is 47.8 Å². The molecule has 0 unspecified atom stereocenters. The highest BCUT2D eigenvalue weighted by molar-refractivity contribution is 7.14. The van der Waals surface area contributed by atoms with Gasteiger partial charge in [-0.25, -0.2) is 14.2 Å². The number of carboxylic acid groups (broad SMARTS) is 1. The number of carbonyl (C=O) groups is 2. The fourth-order valence-corrected chi connectivity index (χ4v) is 3.22. The number of rotatable bonds is 8. The number of hydrogen-bond acceptors (Lipinski definition) is 6. The molecular weight excluding hydrogens is 411 g/mol. The SMILES string of the molecule is CC(C)Oc1cc(COc2ccccc2F)cc(C(=O)Nc2nc(C(=O)O)cs2)c1. The molecule has 3 rings (SSSR count). The average molecular weight is 430 g/mol. The molecule has 0 saturated carbocycles. The van der Waals surface area contributed by atoms with Crippen molar-refractivity contribution in [3.63, 3.8) is 0 Å². The van der Waals surface area contributed by atoms with Gasteiger partial charge in [-0.3, -0.25) is 10.1 Å². The normalized spacial score (nSPS) is 10.7. The lowest BCUT2D eigenvalue weighted by atomic mass is 10.1. The first-order chi connectivity index (χ1) is 14.3. The molecule has 0 spiro atoms. The van der Waals surface area contributed by atoms with Gasteiger partial charge in [0.1, 0.15) is 12.4 Å². The average Bonchev–Trinajstić information content (AvgIpc) is 3.15. The molecule has 1 aromatic heterocycles. The Bertz CT molecular complexity index is 1070. The van der Waals surface area contributed by atoms with Crippen molar-refractivity contribution >= 4 is 28.3 Å². The largest absolute Gasteiger partial charge is 0.491 e. The summed E-state index contributed by atoms with van der Waals surface area (Å²) in [6.07, 6.45) is -0.124. The number of thiazole rings is 1. The number of para-hydroxylation sites is 1. The van der Waals surface area contributed by atoms with E-state index in [2.05, 4.69) is 10.3 Å². The summed E-state index contributed by atoms with van der Waals surface area (Å²) in [7, 11) is 0. The number of carboxylic acids is 1. The maximum Gasteiger partial charge on any atom is 0.355 e.